The van der Waals surface area contributed by atoms with Crippen LogP contribution in [0.25, 0.3) is 0 Å². The van der Waals surface area contributed by atoms with Gasteiger partial charge in [0.25, 0.3) is 0 Å². The fraction of sp³-hybridized carbons (Fsp3) is 0.917. The van der Waals surface area contributed by atoms with Crippen LogP contribution in [0.5, 0.6) is 0 Å². The Morgan fingerprint density at radius 3 is 1.87 bits per heavy atom. The molecule has 3 heteroatoms. The molecule has 0 spiro atoms. The quantitative estimate of drug-likeness (QED) is 0.436. The van der Waals surface area contributed by atoms with Gasteiger partial charge in [0.05, 0.1) is 6.61 Å². The van der Waals surface area contributed by atoms with Crippen LogP contribution in [0.4, 0.5) is 4.70 Å². The molecule has 0 heterocycles. The van der Waals surface area contributed by atoms with Crippen molar-refractivity contribution in [3.05, 3.63) is 0 Å². The predicted molar refractivity (Wildman–Crippen MR) is 61.7 cm³/mol. The van der Waals surface area contributed by atoms with Gasteiger partial charge in [0.15, 0.2) is 0 Å². The van der Waals surface area contributed by atoms with Gasteiger partial charge in [-0.1, -0.05) is 51.9 Å². The first-order valence-electron chi connectivity index (χ1n) is 5.90. The third kappa shape index (κ3) is 16.1. The lowest BCUT2D eigenvalue weighted by atomic mass is 10.1. The van der Waals surface area contributed by atoms with Crippen LogP contribution in [0.3, 0.4) is 0 Å². The van der Waals surface area contributed by atoms with Crippen LogP contribution in [0.1, 0.15) is 65.2 Å². The molecule has 2 nitrogen and oxygen atoms in total. The molecule has 0 rings (SSSR count). The van der Waals surface area contributed by atoms with Crippen LogP contribution >= 0.6 is 0 Å². The fourth-order valence-electron chi connectivity index (χ4n) is 1.45. The summed E-state index contributed by atoms with van der Waals surface area (Å²) >= 11 is 0. The van der Waals surface area contributed by atoms with E-state index in [0.717, 1.165) is 6.42 Å². The zero-order valence-electron chi connectivity index (χ0n) is 10.1. The van der Waals surface area contributed by atoms with Crippen molar-refractivity contribution in [1.29, 1.82) is 0 Å². The molecule has 0 saturated heterocycles. The second kappa shape index (κ2) is 13.4. The van der Waals surface area contributed by atoms with E-state index >= 15 is 0 Å². The number of hydrogen-bond acceptors (Lipinski definition) is 2. The molecule has 0 atom stereocenters. The van der Waals surface area contributed by atoms with Gasteiger partial charge >= 0.3 is 5.97 Å². The molecule has 0 fully saturated rings. The second-order valence-corrected chi connectivity index (χ2v) is 3.81. The zero-order valence-corrected chi connectivity index (χ0v) is 10.1. The molecule has 0 amide bonds. The molecule has 0 aromatic carbocycles. The molecule has 0 saturated carbocycles. The van der Waals surface area contributed by atoms with Crippen molar-refractivity contribution in [1.82, 2.24) is 0 Å². The van der Waals surface area contributed by atoms with Crippen molar-refractivity contribution in [3.8, 4) is 0 Å². The van der Waals surface area contributed by atoms with Crippen molar-refractivity contribution in [2.24, 2.45) is 0 Å². The van der Waals surface area contributed by atoms with Gasteiger partial charge in [-0.15, -0.1) is 0 Å². The van der Waals surface area contributed by atoms with Crippen LogP contribution < -0.4 is 0 Å². The normalized spacial score (nSPS) is 9.47. The number of rotatable bonds is 9. The van der Waals surface area contributed by atoms with E-state index in [1.165, 1.54) is 51.9 Å². The molecule has 0 radical (unpaired) electrons. The highest BCUT2D eigenvalue weighted by Crippen LogP contribution is 2.08. The van der Waals surface area contributed by atoms with E-state index in [-0.39, 0.29) is 10.7 Å². The van der Waals surface area contributed by atoms with Crippen LogP contribution in [0.2, 0.25) is 0 Å². The Balaban J connectivity index is 0. The number of esters is 1. The average Bonchev–Trinajstić information content (AvgIpc) is 2.15. The van der Waals surface area contributed by atoms with Crippen molar-refractivity contribution >= 4 is 5.97 Å². The molecule has 0 aromatic heterocycles. The summed E-state index contributed by atoms with van der Waals surface area (Å²) in [5.74, 6) is -0.159. The van der Waals surface area contributed by atoms with Gasteiger partial charge in [-0.25, -0.2) is 0 Å². The number of hydrogen-bond donors (Lipinski definition) is 0. The minimum absolute atomic E-state index is 0. The first-order valence-corrected chi connectivity index (χ1v) is 5.90. The van der Waals surface area contributed by atoms with Crippen LogP contribution in [-0.2, 0) is 9.53 Å². The lowest BCUT2D eigenvalue weighted by molar-refractivity contribution is -0.141. The zero-order chi connectivity index (χ0) is 10.6. The minimum atomic E-state index is -0.159. The maximum Gasteiger partial charge on any atom is 0.302 e. The predicted octanol–water partition coefficient (Wildman–Crippen LogP) is 3.84. The van der Waals surface area contributed by atoms with E-state index in [1.807, 2.05) is 0 Å². The lowest BCUT2D eigenvalue weighted by Gasteiger charge is -2.02. The molecule has 92 valence electrons. The van der Waals surface area contributed by atoms with E-state index in [9.17, 15) is 4.79 Å². The van der Waals surface area contributed by atoms with E-state index in [0.29, 0.717) is 6.61 Å². The smallest absolute Gasteiger partial charge is 0.302 e. The summed E-state index contributed by atoms with van der Waals surface area (Å²) < 4.78 is 4.85. The summed E-state index contributed by atoms with van der Waals surface area (Å²) in [5.41, 5.74) is 0. The summed E-state index contributed by atoms with van der Waals surface area (Å²) in [4.78, 5) is 10.4. The summed E-state index contributed by atoms with van der Waals surface area (Å²) in [5, 5.41) is 0. The maximum atomic E-state index is 10.4. The molecular formula is C12H25FO2. The summed E-state index contributed by atoms with van der Waals surface area (Å²) in [6, 6.07) is 0. The molecule has 0 aromatic rings. The van der Waals surface area contributed by atoms with Crippen molar-refractivity contribution < 1.29 is 14.2 Å². The van der Waals surface area contributed by atoms with Crippen molar-refractivity contribution in [2.75, 3.05) is 6.61 Å². The fourth-order valence-corrected chi connectivity index (χ4v) is 1.45. The van der Waals surface area contributed by atoms with Gasteiger partial charge in [-0.3, -0.25) is 9.50 Å². The van der Waals surface area contributed by atoms with Crippen LogP contribution in [0.15, 0.2) is 0 Å². The standard InChI is InChI=1S/C12H24O2.FH/c1-3-4-5-6-7-8-9-10-11-14-12(2)13;/h3-11H2,1-2H3;1H. The minimum Gasteiger partial charge on any atom is -0.466 e. The summed E-state index contributed by atoms with van der Waals surface area (Å²) in [6.07, 6.45) is 10.2. The number of carbonyl (C=O) groups excluding carboxylic acids is 1. The maximum absolute atomic E-state index is 10.4. The first kappa shape index (κ1) is 16.8. The van der Waals surface area contributed by atoms with Gasteiger partial charge in [0.1, 0.15) is 0 Å². The number of ether oxygens (including phenoxy) is 1. The Labute approximate surface area is 92.8 Å². The van der Waals surface area contributed by atoms with Crippen LogP contribution in [0, 0.1) is 0 Å². The van der Waals surface area contributed by atoms with E-state index in [4.69, 9.17) is 4.74 Å². The van der Waals surface area contributed by atoms with Crippen LogP contribution in [-0.4, -0.2) is 12.6 Å². The molecular weight excluding hydrogens is 195 g/mol. The largest absolute Gasteiger partial charge is 0.466 e. The Bertz CT molecular complexity index is 138. The number of unbranched alkanes of at least 4 members (excludes halogenated alkanes) is 7. The van der Waals surface area contributed by atoms with Gasteiger partial charge in [0, 0.05) is 6.92 Å². The second-order valence-electron chi connectivity index (χ2n) is 3.81. The molecule has 0 N–H and O–H groups in total. The Morgan fingerprint density at radius 1 is 0.933 bits per heavy atom. The monoisotopic (exact) mass is 220 g/mol. The third-order valence-corrected chi connectivity index (χ3v) is 2.30. The molecule has 0 aliphatic rings. The van der Waals surface area contributed by atoms with Gasteiger partial charge in [-0.2, -0.15) is 0 Å². The highest BCUT2D eigenvalue weighted by Gasteiger charge is 1.93. The topological polar surface area (TPSA) is 26.3 Å². The molecule has 0 unspecified atom stereocenters. The summed E-state index contributed by atoms with van der Waals surface area (Å²) in [7, 11) is 0. The molecule has 15 heavy (non-hydrogen) atoms. The Hall–Kier alpha value is -0.600. The van der Waals surface area contributed by atoms with Gasteiger partial charge in [0.2, 0.25) is 0 Å². The van der Waals surface area contributed by atoms with Crippen molar-refractivity contribution in [2.45, 2.75) is 65.2 Å². The van der Waals surface area contributed by atoms with E-state index in [1.54, 1.807) is 0 Å². The van der Waals surface area contributed by atoms with E-state index in [2.05, 4.69) is 6.92 Å². The Morgan fingerprint density at radius 2 is 1.40 bits per heavy atom. The van der Waals surface area contributed by atoms with Crippen molar-refractivity contribution in [3.63, 3.8) is 0 Å². The first-order chi connectivity index (χ1) is 6.77. The third-order valence-electron chi connectivity index (χ3n) is 2.30. The SMILES string of the molecule is CCCCCCCCCCOC(C)=O.F. The number of halogens is 1. The number of carbonyl (C=O) groups is 1. The lowest BCUT2D eigenvalue weighted by Crippen LogP contribution is -1.99. The highest BCUT2D eigenvalue weighted by molar-refractivity contribution is 5.65. The van der Waals surface area contributed by atoms with Gasteiger partial charge < -0.3 is 4.74 Å². The van der Waals surface area contributed by atoms with Gasteiger partial charge in [-0.05, 0) is 6.42 Å². The molecule has 0 aliphatic heterocycles. The molecule has 0 bridgehead atoms. The Kier molecular flexibility index (Phi) is 15.0. The average molecular weight is 220 g/mol. The molecule has 0 aliphatic carbocycles. The summed E-state index contributed by atoms with van der Waals surface area (Å²) in [6.45, 7) is 4.30. The van der Waals surface area contributed by atoms with E-state index < -0.39 is 0 Å². The highest BCUT2D eigenvalue weighted by atomic mass is 19.0.